The molecule has 0 saturated carbocycles. The third kappa shape index (κ3) is 4.03. The molecule has 2 aromatic carbocycles. The Bertz CT molecular complexity index is 934. The summed E-state index contributed by atoms with van der Waals surface area (Å²) in [6.45, 7) is 2.13. The maximum atomic E-state index is 12.9. The molecule has 6 nitrogen and oxygen atoms in total. The van der Waals surface area contributed by atoms with E-state index in [0.29, 0.717) is 18.4 Å². The molecular formula is C23H27N5O. The second-order valence-electron chi connectivity index (χ2n) is 7.79. The first-order valence-corrected chi connectivity index (χ1v) is 9.94. The van der Waals surface area contributed by atoms with E-state index in [1.165, 1.54) is 0 Å². The van der Waals surface area contributed by atoms with Gasteiger partial charge in [0.05, 0.1) is 18.4 Å². The number of hydrogen-bond donors (Lipinski definition) is 1. The molecule has 0 aromatic heterocycles. The van der Waals surface area contributed by atoms with Crippen molar-refractivity contribution in [2.45, 2.75) is 12.5 Å². The van der Waals surface area contributed by atoms with Crippen LogP contribution in [-0.2, 0) is 0 Å². The maximum absolute atomic E-state index is 12.9. The fourth-order valence-corrected chi connectivity index (χ4v) is 3.88. The predicted molar refractivity (Wildman–Crippen MR) is 118 cm³/mol. The summed E-state index contributed by atoms with van der Waals surface area (Å²) in [5, 5.41) is 0. The largest absolute Gasteiger partial charge is 0.386 e. The van der Waals surface area contributed by atoms with Crippen molar-refractivity contribution in [3.05, 3.63) is 71.9 Å². The number of rotatable bonds is 4. The van der Waals surface area contributed by atoms with Gasteiger partial charge in [-0.05, 0) is 50.3 Å². The SMILES string of the molecule is CN(C)C1CCN(C(=O)c2ccc(C3=CN=C(N)CN3c3ccccc3)cc2)C1. The Balaban J connectivity index is 1.54. The number of amidine groups is 1. The summed E-state index contributed by atoms with van der Waals surface area (Å²) in [7, 11) is 4.14. The molecule has 150 valence electrons. The topological polar surface area (TPSA) is 65.2 Å². The van der Waals surface area contributed by atoms with E-state index in [1.807, 2.05) is 47.4 Å². The molecule has 29 heavy (non-hydrogen) atoms. The molecule has 0 bridgehead atoms. The summed E-state index contributed by atoms with van der Waals surface area (Å²) in [4.78, 5) is 23.5. The Hall–Kier alpha value is -3.12. The fourth-order valence-electron chi connectivity index (χ4n) is 3.88. The number of amides is 1. The van der Waals surface area contributed by atoms with Crippen LogP contribution >= 0.6 is 0 Å². The normalized spacial score (nSPS) is 19.3. The maximum Gasteiger partial charge on any atom is 0.253 e. The van der Waals surface area contributed by atoms with Gasteiger partial charge in [0.15, 0.2) is 0 Å². The summed E-state index contributed by atoms with van der Waals surface area (Å²) in [6, 6.07) is 18.4. The average molecular weight is 390 g/mol. The molecule has 2 aliphatic rings. The lowest BCUT2D eigenvalue weighted by atomic mass is 10.1. The quantitative estimate of drug-likeness (QED) is 0.873. The first kappa shape index (κ1) is 19.2. The van der Waals surface area contributed by atoms with Gasteiger partial charge < -0.3 is 20.4 Å². The summed E-state index contributed by atoms with van der Waals surface area (Å²) in [5.74, 6) is 0.676. The number of carbonyl (C=O) groups excluding carboxylic acids is 1. The van der Waals surface area contributed by atoms with E-state index >= 15 is 0 Å². The van der Waals surface area contributed by atoms with Crippen molar-refractivity contribution in [3.63, 3.8) is 0 Å². The van der Waals surface area contributed by atoms with Crippen LogP contribution in [0.4, 0.5) is 5.69 Å². The molecule has 2 heterocycles. The molecule has 2 aromatic rings. The number of carbonyl (C=O) groups is 1. The lowest BCUT2D eigenvalue weighted by Gasteiger charge is -2.29. The number of aliphatic imine (C=N–C) groups is 1. The summed E-state index contributed by atoms with van der Waals surface area (Å²) in [6.07, 6.45) is 2.82. The Morgan fingerprint density at radius 1 is 1.10 bits per heavy atom. The first-order chi connectivity index (χ1) is 14.0. The molecule has 0 radical (unpaired) electrons. The van der Waals surface area contributed by atoms with Gasteiger partial charge in [0.1, 0.15) is 5.84 Å². The lowest BCUT2D eigenvalue weighted by Crippen LogP contribution is -2.35. The minimum Gasteiger partial charge on any atom is -0.386 e. The van der Waals surface area contributed by atoms with Crippen molar-refractivity contribution < 1.29 is 4.79 Å². The number of benzene rings is 2. The van der Waals surface area contributed by atoms with Crippen molar-refractivity contribution in [2.75, 3.05) is 38.6 Å². The molecule has 2 N–H and O–H groups in total. The predicted octanol–water partition coefficient (Wildman–Crippen LogP) is 2.64. The third-order valence-corrected chi connectivity index (χ3v) is 5.64. The van der Waals surface area contributed by atoms with Crippen molar-refractivity contribution in [2.24, 2.45) is 10.7 Å². The minimum atomic E-state index is 0.0979. The lowest BCUT2D eigenvalue weighted by molar-refractivity contribution is 0.0783. The number of anilines is 1. The fraction of sp³-hybridized carbons (Fsp3) is 0.304. The zero-order chi connectivity index (χ0) is 20.4. The van der Waals surface area contributed by atoms with Crippen molar-refractivity contribution >= 4 is 23.1 Å². The molecule has 1 fully saturated rings. The van der Waals surface area contributed by atoms with E-state index in [2.05, 4.69) is 41.0 Å². The molecule has 0 aliphatic carbocycles. The van der Waals surface area contributed by atoms with Crippen molar-refractivity contribution in [1.29, 1.82) is 0 Å². The number of likely N-dealkylation sites (N-methyl/N-ethyl adjacent to an activating group) is 1. The van der Waals surface area contributed by atoms with E-state index in [-0.39, 0.29) is 5.91 Å². The highest BCUT2D eigenvalue weighted by molar-refractivity contribution is 5.97. The molecule has 1 atom stereocenters. The van der Waals surface area contributed by atoms with E-state index in [4.69, 9.17) is 5.73 Å². The van der Waals surface area contributed by atoms with Crippen LogP contribution in [0.2, 0.25) is 0 Å². The molecule has 6 heteroatoms. The Morgan fingerprint density at radius 2 is 1.83 bits per heavy atom. The Kier molecular flexibility index (Phi) is 5.36. The van der Waals surface area contributed by atoms with E-state index in [0.717, 1.165) is 42.0 Å². The number of para-hydroxylation sites is 1. The van der Waals surface area contributed by atoms with Crippen LogP contribution in [0.5, 0.6) is 0 Å². The first-order valence-electron chi connectivity index (χ1n) is 9.94. The van der Waals surface area contributed by atoms with Gasteiger partial charge in [-0.15, -0.1) is 0 Å². The van der Waals surface area contributed by atoms with Gasteiger partial charge in [0, 0.05) is 30.4 Å². The zero-order valence-electron chi connectivity index (χ0n) is 17.0. The van der Waals surface area contributed by atoms with Gasteiger partial charge in [-0.25, -0.2) is 4.99 Å². The van der Waals surface area contributed by atoms with Crippen LogP contribution in [0.15, 0.2) is 65.8 Å². The monoisotopic (exact) mass is 389 g/mol. The van der Waals surface area contributed by atoms with Crippen LogP contribution in [0.3, 0.4) is 0 Å². The molecule has 1 amide bonds. The highest BCUT2D eigenvalue weighted by Crippen LogP contribution is 2.28. The molecule has 1 unspecified atom stereocenters. The number of nitrogens with two attached hydrogens (primary N) is 1. The van der Waals surface area contributed by atoms with Crippen molar-refractivity contribution in [1.82, 2.24) is 9.80 Å². The summed E-state index contributed by atoms with van der Waals surface area (Å²) < 4.78 is 0. The van der Waals surface area contributed by atoms with Gasteiger partial charge in [0.2, 0.25) is 0 Å². The van der Waals surface area contributed by atoms with Crippen LogP contribution in [0.1, 0.15) is 22.3 Å². The molecular weight excluding hydrogens is 362 g/mol. The number of hydrogen-bond acceptors (Lipinski definition) is 5. The van der Waals surface area contributed by atoms with Gasteiger partial charge in [-0.3, -0.25) is 4.79 Å². The average Bonchev–Trinajstić information content (AvgIpc) is 3.25. The molecule has 2 aliphatic heterocycles. The highest BCUT2D eigenvalue weighted by Gasteiger charge is 2.28. The third-order valence-electron chi connectivity index (χ3n) is 5.64. The van der Waals surface area contributed by atoms with Crippen molar-refractivity contribution in [3.8, 4) is 0 Å². The molecule has 0 spiro atoms. The number of nitrogens with zero attached hydrogens (tertiary/aromatic N) is 4. The van der Waals surface area contributed by atoms with Gasteiger partial charge in [-0.1, -0.05) is 30.3 Å². The Morgan fingerprint density at radius 3 is 2.48 bits per heavy atom. The van der Waals surface area contributed by atoms with Crippen LogP contribution < -0.4 is 10.6 Å². The van der Waals surface area contributed by atoms with Gasteiger partial charge >= 0.3 is 0 Å². The summed E-state index contributed by atoms with van der Waals surface area (Å²) in [5.41, 5.74) is 9.74. The number of likely N-dealkylation sites (tertiary alicyclic amines) is 1. The summed E-state index contributed by atoms with van der Waals surface area (Å²) >= 11 is 0. The zero-order valence-corrected chi connectivity index (χ0v) is 17.0. The minimum absolute atomic E-state index is 0.0979. The second kappa shape index (κ2) is 8.09. The van der Waals surface area contributed by atoms with E-state index < -0.39 is 0 Å². The smallest absolute Gasteiger partial charge is 0.253 e. The molecule has 1 saturated heterocycles. The van der Waals surface area contributed by atoms with Crippen LogP contribution in [-0.4, -0.2) is 61.3 Å². The molecule has 4 rings (SSSR count). The van der Waals surface area contributed by atoms with Gasteiger partial charge in [-0.2, -0.15) is 0 Å². The second-order valence-corrected chi connectivity index (χ2v) is 7.79. The highest BCUT2D eigenvalue weighted by atomic mass is 16.2. The Labute approximate surface area is 171 Å². The van der Waals surface area contributed by atoms with Crippen LogP contribution in [0, 0.1) is 0 Å². The van der Waals surface area contributed by atoms with E-state index in [9.17, 15) is 4.79 Å². The van der Waals surface area contributed by atoms with Crippen LogP contribution in [0.25, 0.3) is 5.70 Å². The standard InChI is InChI=1S/C23H27N5O/c1-26(2)20-12-13-27(15-20)23(29)18-10-8-17(9-11-18)21-14-25-22(24)16-28(21)19-6-4-3-5-7-19/h3-11,14,20H,12-13,15-16H2,1-2H3,(H2,24,25). The van der Waals surface area contributed by atoms with Gasteiger partial charge in [0.25, 0.3) is 5.91 Å². The van der Waals surface area contributed by atoms with E-state index in [1.54, 1.807) is 6.20 Å².